The molecule has 1 aliphatic heterocycles. The number of nitrogens with one attached hydrogen (secondary N) is 1. The lowest BCUT2D eigenvalue weighted by atomic mass is 10.2. The van der Waals surface area contributed by atoms with Gasteiger partial charge in [0.1, 0.15) is 0 Å². The minimum absolute atomic E-state index is 0.0608. The number of amides is 1. The van der Waals surface area contributed by atoms with E-state index in [1.165, 1.54) is 11.5 Å². The molecule has 1 amide bonds. The van der Waals surface area contributed by atoms with E-state index in [4.69, 9.17) is 11.6 Å². The van der Waals surface area contributed by atoms with Gasteiger partial charge in [0.15, 0.2) is 0 Å². The van der Waals surface area contributed by atoms with Crippen LogP contribution in [0.4, 0.5) is 0 Å². The van der Waals surface area contributed by atoms with Crippen LogP contribution in [-0.2, 0) is 0 Å². The second kappa shape index (κ2) is 7.08. The largest absolute Gasteiger partial charge is 0.351 e. The summed E-state index contributed by atoms with van der Waals surface area (Å²) in [5.41, 5.74) is 0.600. The van der Waals surface area contributed by atoms with Gasteiger partial charge in [-0.2, -0.15) is 23.5 Å². The standard InChI is InChI=1S/C12H13BrClNOS2/c13-9-3-8(4-10(14)5-9)12(16)15-6-11-7-17-1-2-18-11/h3-5,11H,1-2,6-7H2,(H,15,16). The zero-order valence-corrected chi connectivity index (χ0v) is 13.6. The average molecular weight is 367 g/mol. The van der Waals surface area contributed by atoms with Gasteiger partial charge in [-0.1, -0.05) is 27.5 Å². The van der Waals surface area contributed by atoms with Crippen molar-refractivity contribution in [1.29, 1.82) is 0 Å². The number of thioether (sulfide) groups is 2. The molecule has 1 unspecified atom stereocenters. The fourth-order valence-electron chi connectivity index (χ4n) is 1.65. The van der Waals surface area contributed by atoms with Gasteiger partial charge in [-0.25, -0.2) is 0 Å². The van der Waals surface area contributed by atoms with Crippen LogP contribution in [0.15, 0.2) is 22.7 Å². The molecule has 0 aromatic heterocycles. The van der Waals surface area contributed by atoms with Gasteiger partial charge >= 0.3 is 0 Å². The third-order valence-corrected chi connectivity index (χ3v) is 6.02. The summed E-state index contributed by atoms with van der Waals surface area (Å²) in [6, 6.07) is 5.24. The number of hydrogen-bond donors (Lipinski definition) is 1. The molecule has 1 fully saturated rings. The average Bonchev–Trinajstić information content (AvgIpc) is 2.36. The van der Waals surface area contributed by atoms with Gasteiger partial charge in [-0.3, -0.25) is 4.79 Å². The van der Waals surface area contributed by atoms with Gasteiger partial charge in [-0.05, 0) is 18.2 Å². The Morgan fingerprint density at radius 1 is 1.44 bits per heavy atom. The molecule has 0 bridgehead atoms. The van der Waals surface area contributed by atoms with Gasteiger partial charge < -0.3 is 5.32 Å². The quantitative estimate of drug-likeness (QED) is 0.885. The van der Waals surface area contributed by atoms with Crippen molar-refractivity contribution in [3.8, 4) is 0 Å². The summed E-state index contributed by atoms with van der Waals surface area (Å²) in [5, 5.41) is 4.06. The number of benzene rings is 1. The fraction of sp³-hybridized carbons (Fsp3) is 0.417. The predicted molar refractivity (Wildman–Crippen MR) is 85.1 cm³/mol. The van der Waals surface area contributed by atoms with Crippen molar-refractivity contribution in [2.75, 3.05) is 23.8 Å². The van der Waals surface area contributed by atoms with Gasteiger partial charge in [0.05, 0.1) is 0 Å². The Bertz CT molecular complexity index is 418. The normalized spacial score (nSPS) is 19.6. The molecule has 0 saturated carbocycles. The summed E-state index contributed by atoms with van der Waals surface area (Å²) < 4.78 is 0.822. The second-order valence-corrected chi connectivity index (χ2v) is 7.85. The van der Waals surface area contributed by atoms with E-state index < -0.39 is 0 Å². The van der Waals surface area contributed by atoms with Crippen molar-refractivity contribution < 1.29 is 4.79 Å². The van der Waals surface area contributed by atoms with E-state index in [9.17, 15) is 4.79 Å². The molecular formula is C12H13BrClNOS2. The molecule has 1 aromatic rings. The lowest BCUT2D eigenvalue weighted by molar-refractivity contribution is 0.0954. The molecule has 18 heavy (non-hydrogen) atoms. The number of rotatable bonds is 3. The summed E-state index contributed by atoms with van der Waals surface area (Å²) in [7, 11) is 0. The van der Waals surface area contributed by atoms with Crippen LogP contribution < -0.4 is 5.32 Å². The van der Waals surface area contributed by atoms with Crippen molar-refractivity contribution in [3.63, 3.8) is 0 Å². The lowest BCUT2D eigenvalue weighted by Gasteiger charge is -2.21. The van der Waals surface area contributed by atoms with Gasteiger partial charge in [0.25, 0.3) is 5.91 Å². The molecule has 1 atom stereocenters. The van der Waals surface area contributed by atoms with E-state index in [-0.39, 0.29) is 5.91 Å². The first-order chi connectivity index (χ1) is 8.65. The monoisotopic (exact) mass is 365 g/mol. The van der Waals surface area contributed by atoms with Crippen LogP contribution in [0.3, 0.4) is 0 Å². The Hall–Kier alpha value is 0.160. The van der Waals surface area contributed by atoms with Crippen LogP contribution in [0.2, 0.25) is 5.02 Å². The fourth-order valence-corrected chi connectivity index (χ4v) is 5.12. The molecule has 1 aromatic carbocycles. The number of carbonyl (C=O) groups excluding carboxylic acids is 1. The molecule has 1 N–H and O–H groups in total. The molecule has 6 heteroatoms. The van der Waals surface area contributed by atoms with Crippen LogP contribution in [-0.4, -0.2) is 35.0 Å². The van der Waals surface area contributed by atoms with Crippen LogP contribution in [0.5, 0.6) is 0 Å². The minimum atomic E-state index is -0.0608. The van der Waals surface area contributed by atoms with E-state index >= 15 is 0 Å². The highest BCUT2D eigenvalue weighted by atomic mass is 79.9. The zero-order chi connectivity index (χ0) is 13.0. The Kier molecular flexibility index (Phi) is 5.73. The molecule has 1 saturated heterocycles. The van der Waals surface area contributed by atoms with Gasteiger partial charge in [0, 0.05) is 44.1 Å². The lowest BCUT2D eigenvalue weighted by Crippen LogP contribution is -2.33. The second-order valence-electron chi connectivity index (χ2n) is 3.94. The summed E-state index contributed by atoms with van der Waals surface area (Å²) in [6.45, 7) is 0.723. The summed E-state index contributed by atoms with van der Waals surface area (Å²) in [5.74, 6) is 3.45. The smallest absolute Gasteiger partial charge is 0.251 e. The van der Waals surface area contributed by atoms with Crippen molar-refractivity contribution in [1.82, 2.24) is 5.32 Å². The Morgan fingerprint density at radius 3 is 2.94 bits per heavy atom. The molecule has 1 heterocycles. The topological polar surface area (TPSA) is 29.1 Å². The van der Waals surface area contributed by atoms with Crippen LogP contribution in [0.25, 0.3) is 0 Å². The first-order valence-electron chi connectivity index (χ1n) is 5.59. The summed E-state index contributed by atoms with van der Waals surface area (Å²) in [4.78, 5) is 12.0. The maximum atomic E-state index is 12.0. The summed E-state index contributed by atoms with van der Waals surface area (Å²) in [6.07, 6.45) is 0. The van der Waals surface area contributed by atoms with Crippen molar-refractivity contribution in [3.05, 3.63) is 33.3 Å². The zero-order valence-electron chi connectivity index (χ0n) is 9.62. The maximum absolute atomic E-state index is 12.0. The van der Waals surface area contributed by atoms with E-state index in [0.29, 0.717) is 15.8 Å². The molecule has 2 rings (SSSR count). The molecule has 98 valence electrons. The number of carbonyl (C=O) groups is 1. The molecular weight excluding hydrogens is 354 g/mol. The van der Waals surface area contributed by atoms with Crippen molar-refractivity contribution >= 4 is 57.0 Å². The third kappa shape index (κ3) is 4.37. The molecule has 1 aliphatic rings. The van der Waals surface area contributed by atoms with E-state index in [1.54, 1.807) is 18.2 Å². The van der Waals surface area contributed by atoms with Crippen LogP contribution >= 0.6 is 51.1 Å². The minimum Gasteiger partial charge on any atom is -0.351 e. The summed E-state index contributed by atoms with van der Waals surface area (Å²) >= 11 is 13.2. The van der Waals surface area contributed by atoms with E-state index in [0.717, 1.165) is 16.8 Å². The van der Waals surface area contributed by atoms with Gasteiger partial charge in [-0.15, -0.1) is 0 Å². The molecule has 0 radical (unpaired) electrons. The molecule has 0 spiro atoms. The number of halogens is 2. The van der Waals surface area contributed by atoms with Crippen molar-refractivity contribution in [2.45, 2.75) is 5.25 Å². The van der Waals surface area contributed by atoms with E-state index in [1.807, 2.05) is 23.5 Å². The van der Waals surface area contributed by atoms with Gasteiger partial charge in [0.2, 0.25) is 0 Å². The SMILES string of the molecule is O=C(NCC1CSCCS1)c1cc(Cl)cc(Br)c1. The molecule has 0 aliphatic carbocycles. The maximum Gasteiger partial charge on any atom is 0.251 e. The van der Waals surface area contributed by atoms with Crippen molar-refractivity contribution in [2.24, 2.45) is 0 Å². The first-order valence-corrected chi connectivity index (χ1v) is 8.96. The third-order valence-electron chi connectivity index (χ3n) is 2.50. The Morgan fingerprint density at radius 2 is 2.28 bits per heavy atom. The van der Waals surface area contributed by atoms with E-state index in [2.05, 4.69) is 21.2 Å². The molecule has 2 nitrogen and oxygen atoms in total. The highest BCUT2D eigenvalue weighted by Gasteiger charge is 2.16. The number of hydrogen-bond acceptors (Lipinski definition) is 3. The Labute approximate surface area is 129 Å². The highest BCUT2D eigenvalue weighted by molar-refractivity contribution is 9.10. The highest BCUT2D eigenvalue weighted by Crippen LogP contribution is 2.23. The Balaban J connectivity index is 1.90. The van der Waals surface area contributed by atoms with Crippen LogP contribution in [0, 0.1) is 0 Å². The predicted octanol–water partition coefficient (Wildman–Crippen LogP) is 3.68. The first kappa shape index (κ1) is 14.6. The van der Waals surface area contributed by atoms with Crippen LogP contribution in [0.1, 0.15) is 10.4 Å².